The SMILES string of the molecule is CNCc1cnc(C)nc1OCCN(C)C1CC1. The molecule has 0 atom stereocenters. The van der Waals surface area contributed by atoms with E-state index in [-0.39, 0.29) is 0 Å². The molecule has 0 spiro atoms. The van der Waals surface area contributed by atoms with Crippen LogP contribution in [0.15, 0.2) is 6.20 Å². The number of likely N-dealkylation sites (N-methyl/N-ethyl adjacent to an activating group) is 1. The third kappa shape index (κ3) is 3.65. The first kappa shape index (κ1) is 13.2. The van der Waals surface area contributed by atoms with Crippen molar-refractivity contribution in [3.05, 3.63) is 17.6 Å². The predicted molar refractivity (Wildman–Crippen MR) is 70.7 cm³/mol. The maximum atomic E-state index is 5.79. The van der Waals surface area contributed by atoms with Gasteiger partial charge in [-0.1, -0.05) is 0 Å². The highest BCUT2D eigenvalue weighted by molar-refractivity contribution is 5.23. The smallest absolute Gasteiger partial charge is 0.221 e. The summed E-state index contributed by atoms with van der Waals surface area (Å²) in [6.45, 7) is 4.24. The highest BCUT2D eigenvalue weighted by Gasteiger charge is 2.25. The van der Waals surface area contributed by atoms with Crippen LogP contribution in [0.1, 0.15) is 24.2 Å². The normalized spacial score (nSPS) is 15.1. The molecule has 100 valence electrons. The van der Waals surface area contributed by atoms with Crippen LogP contribution in [0, 0.1) is 6.92 Å². The van der Waals surface area contributed by atoms with E-state index in [1.165, 1.54) is 12.8 Å². The number of aryl methyl sites for hydroxylation is 1. The second-order valence-electron chi connectivity index (χ2n) is 4.84. The average molecular weight is 250 g/mol. The van der Waals surface area contributed by atoms with Gasteiger partial charge < -0.3 is 15.0 Å². The van der Waals surface area contributed by atoms with E-state index in [1.807, 2.05) is 20.2 Å². The molecule has 1 fully saturated rings. The van der Waals surface area contributed by atoms with Crippen molar-refractivity contribution < 1.29 is 4.74 Å². The first-order valence-electron chi connectivity index (χ1n) is 6.51. The standard InChI is InChI=1S/C13H22N4O/c1-10-15-9-11(8-14-2)13(16-10)18-7-6-17(3)12-4-5-12/h9,12,14H,4-8H2,1-3H3. The summed E-state index contributed by atoms with van der Waals surface area (Å²) in [6, 6.07) is 0.775. The monoisotopic (exact) mass is 250 g/mol. The minimum absolute atomic E-state index is 0.681. The maximum absolute atomic E-state index is 5.79. The molecule has 5 nitrogen and oxygen atoms in total. The zero-order valence-corrected chi connectivity index (χ0v) is 11.4. The first-order valence-corrected chi connectivity index (χ1v) is 6.51. The van der Waals surface area contributed by atoms with E-state index in [4.69, 9.17) is 4.74 Å². The second kappa shape index (κ2) is 6.11. The van der Waals surface area contributed by atoms with Gasteiger partial charge in [0, 0.05) is 30.9 Å². The summed E-state index contributed by atoms with van der Waals surface area (Å²) in [7, 11) is 4.06. The molecule has 1 aliphatic carbocycles. The van der Waals surface area contributed by atoms with Gasteiger partial charge in [0.05, 0.1) is 0 Å². The van der Waals surface area contributed by atoms with E-state index in [0.29, 0.717) is 12.5 Å². The van der Waals surface area contributed by atoms with Crippen molar-refractivity contribution in [2.45, 2.75) is 32.4 Å². The Balaban J connectivity index is 1.88. The Morgan fingerprint density at radius 2 is 2.28 bits per heavy atom. The van der Waals surface area contributed by atoms with E-state index in [9.17, 15) is 0 Å². The molecule has 1 saturated carbocycles. The molecule has 5 heteroatoms. The summed E-state index contributed by atoms with van der Waals surface area (Å²) in [5.41, 5.74) is 1.01. The fourth-order valence-corrected chi connectivity index (χ4v) is 1.90. The van der Waals surface area contributed by atoms with Gasteiger partial charge in [0.25, 0.3) is 0 Å². The van der Waals surface area contributed by atoms with Crippen LogP contribution < -0.4 is 10.1 Å². The van der Waals surface area contributed by atoms with Crippen molar-refractivity contribution in [3.63, 3.8) is 0 Å². The molecule has 0 aromatic carbocycles. The van der Waals surface area contributed by atoms with Gasteiger partial charge in [-0.25, -0.2) is 4.98 Å². The lowest BCUT2D eigenvalue weighted by Crippen LogP contribution is -2.26. The molecule has 1 heterocycles. The van der Waals surface area contributed by atoms with Crippen molar-refractivity contribution in [2.24, 2.45) is 0 Å². The van der Waals surface area contributed by atoms with Crippen LogP contribution in [0.2, 0.25) is 0 Å². The van der Waals surface area contributed by atoms with Crippen LogP contribution in [-0.4, -0.2) is 48.2 Å². The predicted octanol–water partition coefficient (Wildman–Crippen LogP) is 0.977. The largest absolute Gasteiger partial charge is 0.476 e. The van der Waals surface area contributed by atoms with Crippen molar-refractivity contribution in [1.82, 2.24) is 20.2 Å². The highest BCUT2D eigenvalue weighted by atomic mass is 16.5. The highest BCUT2D eigenvalue weighted by Crippen LogP contribution is 2.24. The molecule has 1 aromatic heterocycles. The van der Waals surface area contributed by atoms with Crippen LogP contribution in [0.4, 0.5) is 0 Å². The summed E-state index contributed by atoms with van der Waals surface area (Å²) in [5.74, 6) is 1.46. The second-order valence-corrected chi connectivity index (χ2v) is 4.84. The van der Waals surface area contributed by atoms with Gasteiger partial charge in [0.15, 0.2) is 0 Å². The fraction of sp³-hybridized carbons (Fsp3) is 0.692. The topological polar surface area (TPSA) is 50.3 Å². The van der Waals surface area contributed by atoms with Gasteiger partial charge in [0.2, 0.25) is 5.88 Å². The lowest BCUT2D eigenvalue weighted by molar-refractivity contribution is 0.224. The number of ether oxygens (including phenoxy) is 1. The molecule has 0 unspecified atom stereocenters. The van der Waals surface area contributed by atoms with Crippen molar-refractivity contribution >= 4 is 0 Å². The molecule has 0 amide bonds. The van der Waals surface area contributed by atoms with Crippen molar-refractivity contribution in [2.75, 3.05) is 27.2 Å². The number of hydrogen-bond donors (Lipinski definition) is 1. The van der Waals surface area contributed by atoms with E-state index in [2.05, 4.69) is 27.2 Å². The number of nitrogens with zero attached hydrogens (tertiary/aromatic N) is 3. The molecule has 18 heavy (non-hydrogen) atoms. The minimum atomic E-state index is 0.681. The van der Waals surface area contributed by atoms with Crippen LogP contribution in [-0.2, 0) is 6.54 Å². The van der Waals surface area contributed by atoms with Crippen LogP contribution >= 0.6 is 0 Å². The Kier molecular flexibility index (Phi) is 4.49. The number of rotatable bonds is 7. The minimum Gasteiger partial charge on any atom is -0.476 e. The lowest BCUT2D eigenvalue weighted by atomic mass is 10.3. The van der Waals surface area contributed by atoms with Crippen LogP contribution in [0.5, 0.6) is 5.88 Å². The van der Waals surface area contributed by atoms with Crippen LogP contribution in [0.3, 0.4) is 0 Å². The molecule has 1 aliphatic rings. The summed E-state index contributed by atoms with van der Waals surface area (Å²) < 4.78 is 5.79. The Hall–Kier alpha value is -1.20. The van der Waals surface area contributed by atoms with Gasteiger partial charge >= 0.3 is 0 Å². The molecule has 1 N–H and O–H groups in total. The summed E-state index contributed by atoms with van der Waals surface area (Å²) in [4.78, 5) is 10.9. The van der Waals surface area contributed by atoms with Gasteiger partial charge in [-0.05, 0) is 33.9 Å². The number of hydrogen-bond acceptors (Lipinski definition) is 5. The van der Waals surface area contributed by atoms with E-state index >= 15 is 0 Å². The Labute approximate surface area is 109 Å². The summed E-state index contributed by atoms with van der Waals surface area (Å²) in [5, 5.41) is 3.10. The average Bonchev–Trinajstić information content (AvgIpc) is 3.16. The Morgan fingerprint density at radius 3 is 2.94 bits per heavy atom. The molecule has 0 aliphatic heterocycles. The molecule has 1 aromatic rings. The molecular formula is C13H22N4O. The zero-order valence-electron chi connectivity index (χ0n) is 11.4. The fourth-order valence-electron chi connectivity index (χ4n) is 1.90. The van der Waals surface area contributed by atoms with Gasteiger partial charge in [-0.15, -0.1) is 0 Å². The summed E-state index contributed by atoms with van der Waals surface area (Å²) in [6.07, 6.45) is 4.49. The molecule has 2 rings (SSSR count). The van der Waals surface area contributed by atoms with Crippen molar-refractivity contribution in [3.8, 4) is 5.88 Å². The van der Waals surface area contributed by atoms with Gasteiger partial charge in [-0.2, -0.15) is 4.98 Å². The molecule has 0 radical (unpaired) electrons. The van der Waals surface area contributed by atoms with Gasteiger partial charge in [0.1, 0.15) is 12.4 Å². The molecule has 0 bridgehead atoms. The van der Waals surface area contributed by atoms with Gasteiger partial charge in [-0.3, -0.25) is 0 Å². The third-order valence-electron chi connectivity index (χ3n) is 3.17. The quantitative estimate of drug-likeness (QED) is 0.781. The first-order chi connectivity index (χ1) is 8.70. The molecular weight excluding hydrogens is 228 g/mol. The summed E-state index contributed by atoms with van der Waals surface area (Å²) >= 11 is 0. The van der Waals surface area contributed by atoms with Crippen LogP contribution in [0.25, 0.3) is 0 Å². The Morgan fingerprint density at radius 1 is 1.50 bits per heavy atom. The third-order valence-corrected chi connectivity index (χ3v) is 3.17. The Bertz CT molecular complexity index is 393. The van der Waals surface area contributed by atoms with E-state index < -0.39 is 0 Å². The lowest BCUT2D eigenvalue weighted by Gasteiger charge is -2.16. The number of aromatic nitrogens is 2. The van der Waals surface area contributed by atoms with E-state index in [0.717, 1.165) is 30.5 Å². The number of nitrogens with one attached hydrogen (secondary N) is 1. The molecule has 0 saturated heterocycles. The van der Waals surface area contributed by atoms with E-state index in [1.54, 1.807) is 0 Å². The zero-order chi connectivity index (χ0) is 13.0. The maximum Gasteiger partial charge on any atom is 0.221 e. The van der Waals surface area contributed by atoms with Crippen molar-refractivity contribution in [1.29, 1.82) is 0 Å².